The molecular weight excluding hydrogens is 276 g/mol. The first-order chi connectivity index (χ1) is 8.70. The maximum absolute atomic E-state index is 11.7. The van der Waals surface area contributed by atoms with Crippen molar-refractivity contribution in [3.05, 3.63) is 0 Å². The summed E-state index contributed by atoms with van der Waals surface area (Å²) in [5, 5.41) is 0. The lowest BCUT2D eigenvalue weighted by Crippen LogP contribution is -2.56. The number of carbonyl (C=O) groups excluding carboxylic acids is 2. The molecule has 0 aromatic heterocycles. The van der Waals surface area contributed by atoms with Gasteiger partial charge in [0.15, 0.2) is 0 Å². The standard InChI is InChI=1S/C10H20N2O6S/c1-5-7-10(3,8(13)17-4)12-19(15,16)11-9(14)18-6-2/h12H,5-7H2,1-4H3,(H,11,14). The Bertz CT molecular complexity index is 422. The van der Waals surface area contributed by atoms with Crippen LogP contribution in [-0.2, 0) is 24.5 Å². The van der Waals surface area contributed by atoms with Crippen molar-refractivity contribution in [3.8, 4) is 0 Å². The number of methoxy groups -OCH3 is 1. The molecule has 0 spiro atoms. The molecule has 0 aliphatic heterocycles. The number of ether oxygens (including phenoxy) is 2. The Morgan fingerprint density at radius 1 is 1.26 bits per heavy atom. The number of amides is 1. The van der Waals surface area contributed by atoms with E-state index in [9.17, 15) is 18.0 Å². The molecule has 1 amide bonds. The molecule has 0 aromatic carbocycles. The molecule has 1 atom stereocenters. The van der Waals surface area contributed by atoms with Crippen LogP contribution in [0.15, 0.2) is 0 Å². The first-order valence-electron chi connectivity index (χ1n) is 5.77. The monoisotopic (exact) mass is 296 g/mol. The van der Waals surface area contributed by atoms with Gasteiger partial charge >= 0.3 is 22.3 Å². The number of esters is 1. The molecule has 0 saturated heterocycles. The van der Waals surface area contributed by atoms with Crippen LogP contribution in [0, 0.1) is 0 Å². The minimum absolute atomic E-state index is 0.0323. The highest BCUT2D eigenvalue weighted by molar-refractivity contribution is 7.88. The SMILES string of the molecule is CCCC(C)(NS(=O)(=O)NC(=O)OCC)C(=O)OC. The van der Waals surface area contributed by atoms with E-state index in [1.54, 1.807) is 11.6 Å². The highest BCUT2D eigenvalue weighted by Crippen LogP contribution is 2.15. The topological polar surface area (TPSA) is 111 Å². The lowest BCUT2D eigenvalue weighted by Gasteiger charge is -2.26. The summed E-state index contributed by atoms with van der Waals surface area (Å²) >= 11 is 0. The van der Waals surface area contributed by atoms with E-state index in [0.717, 1.165) is 7.11 Å². The summed E-state index contributed by atoms with van der Waals surface area (Å²) in [7, 11) is -3.06. The van der Waals surface area contributed by atoms with Crippen molar-refractivity contribution >= 4 is 22.3 Å². The van der Waals surface area contributed by atoms with Gasteiger partial charge in [-0.25, -0.2) is 9.52 Å². The summed E-state index contributed by atoms with van der Waals surface area (Å²) in [6.45, 7) is 4.74. The molecule has 0 fully saturated rings. The molecule has 0 heterocycles. The van der Waals surface area contributed by atoms with Gasteiger partial charge in [0.25, 0.3) is 0 Å². The van der Waals surface area contributed by atoms with Crippen LogP contribution in [-0.4, -0.2) is 39.7 Å². The molecular formula is C10H20N2O6S. The lowest BCUT2D eigenvalue weighted by molar-refractivity contribution is -0.147. The predicted molar refractivity (Wildman–Crippen MR) is 67.5 cm³/mol. The molecule has 8 nitrogen and oxygen atoms in total. The highest BCUT2D eigenvalue weighted by atomic mass is 32.2. The van der Waals surface area contributed by atoms with Gasteiger partial charge in [0, 0.05) is 0 Å². The zero-order chi connectivity index (χ0) is 15.1. The van der Waals surface area contributed by atoms with Crippen LogP contribution < -0.4 is 9.44 Å². The van der Waals surface area contributed by atoms with E-state index in [1.807, 2.05) is 0 Å². The van der Waals surface area contributed by atoms with E-state index < -0.39 is 27.8 Å². The summed E-state index contributed by atoms with van der Waals surface area (Å²) in [6, 6.07) is 0. The third kappa shape index (κ3) is 5.88. The Kier molecular flexibility index (Phi) is 6.77. The first-order valence-corrected chi connectivity index (χ1v) is 7.26. The summed E-state index contributed by atoms with van der Waals surface area (Å²) in [4.78, 5) is 22.7. The van der Waals surface area contributed by atoms with Crippen molar-refractivity contribution in [2.24, 2.45) is 0 Å². The molecule has 0 rings (SSSR count). The molecule has 9 heteroatoms. The smallest absolute Gasteiger partial charge is 0.421 e. The van der Waals surface area contributed by atoms with Crippen LogP contribution in [0.2, 0.25) is 0 Å². The zero-order valence-corrected chi connectivity index (χ0v) is 12.3. The molecule has 0 aliphatic carbocycles. The summed E-state index contributed by atoms with van der Waals surface area (Å²) in [5.41, 5.74) is -1.44. The molecule has 112 valence electrons. The van der Waals surface area contributed by atoms with Crippen molar-refractivity contribution in [1.29, 1.82) is 0 Å². The van der Waals surface area contributed by atoms with Crippen LogP contribution in [0.25, 0.3) is 0 Å². The van der Waals surface area contributed by atoms with Crippen LogP contribution >= 0.6 is 0 Å². The first kappa shape index (κ1) is 17.6. The number of hydrogen-bond donors (Lipinski definition) is 2. The van der Waals surface area contributed by atoms with Crippen molar-refractivity contribution in [1.82, 2.24) is 9.44 Å². The van der Waals surface area contributed by atoms with E-state index in [2.05, 4.69) is 14.2 Å². The molecule has 0 radical (unpaired) electrons. The van der Waals surface area contributed by atoms with Gasteiger partial charge in [0.2, 0.25) is 0 Å². The van der Waals surface area contributed by atoms with E-state index in [4.69, 9.17) is 0 Å². The largest absolute Gasteiger partial charge is 0.468 e. The minimum Gasteiger partial charge on any atom is -0.468 e. The van der Waals surface area contributed by atoms with Gasteiger partial charge < -0.3 is 9.47 Å². The van der Waals surface area contributed by atoms with E-state index in [-0.39, 0.29) is 13.0 Å². The van der Waals surface area contributed by atoms with Crippen LogP contribution in [0.5, 0.6) is 0 Å². The third-order valence-electron chi connectivity index (χ3n) is 2.24. The van der Waals surface area contributed by atoms with Gasteiger partial charge in [-0.15, -0.1) is 0 Å². The Balaban J connectivity index is 4.93. The Morgan fingerprint density at radius 3 is 2.26 bits per heavy atom. The van der Waals surface area contributed by atoms with Crippen LogP contribution in [0.4, 0.5) is 4.79 Å². The Morgan fingerprint density at radius 2 is 1.84 bits per heavy atom. The normalized spacial score (nSPS) is 14.3. The maximum Gasteiger partial charge on any atom is 0.421 e. The van der Waals surface area contributed by atoms with E-state index >= 15 is 0 Å². The van der Waals surface area contributed by atoms with Crippen molar-refractivity contribution in [3.63, 3.8) is 0 Å². The molecule has 2 N–H and O–H groups in total. The number of hydrogen-bond acceptors (Lipinski definition) is 6. The molecule has 0 aromatic rings. The molecule has 0 aliphatic rings. The summed E-state index contributed by atoms with van der Waals surface area (Å²) in [6.07, 6.45) is -0.338. The van der Waals surface area contributed by atoms with Gasteiger partial charge in [0.1, 0.15) is 5.54 Å². The fraction of sp³-hybridized carbons (Fsp3) is 0.800. The second-order valence-corrected chi connectivity index (χ2v) is 5.42. The zero-order valence-electron chi connectivity index (χ0n) is 11.5. The Hall–Kier alpha value is -1.35. The summed E-state index contributed by atoms with van der Waals surface area (Å²) < 4.78 is 36.1. The molecule has 1 unspecified atom stereocenters. The van der Waals surface area contributed by atoms with Gasteiger partial charge in [-0.1, -0.05) is 13.3 Å². The molecule has 0 saturated carbocycles. The van der Waals surface area contributed by atoms with Crippen LogP contribution in [0.3, 0.4) is 0 Å². The van der Waals surface area contributed by atoms with Crippen molar-refractivity contribution in [2.75, 3.05) is 13.7 Å². The van der Waals surface area contributed by atoms with E-state index in [0.29, 0.717) is 6.42 Å². The van der Waals surface area contributed by atoms with Crippen molar-refractivity contribution < 1.29 is 27.5 Å². The Labute approximate surface area is 113 Å². The third-order valence-corrected chi connectivity index (χ3v) is 3.39. The van der Waals surface area contributed by atoms with E-state index in [1.165, 1.54) is 13.8 Å². The number of rotatable bonds is 7. The lowest BCUT2D eigenvalue weighted by atomic mass is 9.98. The average Bonchev–Trinajstić information content (AvgIpc) is 2.26. The summed E-state index contributed by atoms with van der Waals surface area (Å²) in [5.74, 6) is -0.733. The number of nitrogens with one attached hydrogen (secondary N) is 2. The minimum atomic E-state index is -4.21. The van der Waals surface area contributed by atoms with Gasteiger partial charge in [-0.2, -0.15) is 13.1 Å². The highest BCUT2D eigenvalue weighted by Gasteiger charge is 2.38. The second-order valence-electron chi connectivity index (χ2n) is 4.00. The van der Waals surface area contributed by atoms with Crippen molar-refractivity contribution in [2.45, 2.75) is 39.2 Å². The fourth-order valence-electron chi connectivity index (χ4n) is 1.51. The fourth-order valence-corrected chi connectivity index (χ4v) is 2.62. The quantitative estimate of drug-likeness (QED) is 0.654. The molecule has 0 bridgehead atoms. The second kappa shape index (κ2) is 7.29. The number of carbonyl (C=O) groups is 2. The predicted octanol–water partition coefficient (Wildman–Crippen LogP) is 0.299. The average molecular weight is 296 g/mol. The molecule has 19 heavy (non-hydrogen) atoms. The van der Waals surface area contributed by atoms with Gasteiger partial charge in [-0.3, -0.25) is 4.79 Å². The van der Waals surface area contributed by atoms with Crippen LogP contribution in [0.1, 0.15) is 33.6 Å². The van der Waals surface area contributed by atoms with Gasteiger partial charge in [-0.05, 0) is 20.3 Å². The maximum atomic E-state index is 11.7. The van der Waals surface area contributed by atoms with Gasteiger partial charge in [0.05, 0.1) is 13.7 Å².